The third kappa shape index (κ3) is 2.60. The van der Waals surface area contributed by atoms with E-state index in [1.54, 1.807) is 0 Å². The number of hydrogen-bond donors (Lipinski definition) is 1. The Kier molecular flexibility index (Phi) is 2.93. The van der Waals surface area contributed by atoms with Crippen LogP contribution in [0, 0.1) is 6.92 Å². The van der Waals surface area contributed by atoms with Crippen molar-refractivity contribution in [3.8, 4) is 5.75 Å². The Morgan fingerprint density at radius 3 is 2.91 bits per heavy atom. The first-order chi connectivity index (χ1) is 5.33. The molecule has 0 fully saturated rings. The lowest BCUT2D eigenvalue weighted by Crippen LogP contribution is -2.01. The fraction of sp³-hybridized carbons (Fsp3) is 0.333. The molecule has 11 heavy (non-hydrogen) atoms. The molecule has 0 aliphatic heterocycles. The minimum atomic E-state index is 0.0634. The van der Waals surface area contributed by atoms with E-state index in [1.807, 2.05) is 31.2 Å². The van der Waals surface area contributed by atoms with E-state index in [1.165, 1.54) is 5.56 Å². The lowest BCUT2D eigenvalue weighted by atomic mass is 10.2. The van der Waals surface area contributed by atoms with E-state index in [0.29, 0.717) is 6.61 Å². The number of rotatable bonds is 3. The first-order valence-electron chi connectivity index (χ1n) is 3.63. The summed E-state index contributed by atoms with van der Waals surface area (Å²) in [7, 11) is 0. The average molecular weight is 152 g/mol. The van der Waals surface area contributed by atoms with Crippen LogP contribution >= 0.6 is 0 Å². The lowest BCUT2D eigenvalue weighted by molar-refractivity contribution is 0.201. The molecule has 0 unspecified atom stereocenters. The highest BCUT2D eigenvalue weighted by Crippen LogP contribution is 2.11. The molecule has 0 aliphatic rings. The van der Waals surface area contributed by atoms with Crippen LogP contribution in [-0.2, 0) is 0 Å². The number of aryl methyl sites for hydroxylation is 1. The third-order valence-electron chi connectivity index (χ3n) is 1.35. The van der Waals surface area contributed by atoms with Gasteiger partial charge >= 0.3 is 0 Å². The average Bonchev–Trinajstić information content (AvgIpc) is 2.01. The molecule has 2 heteroatoms. The predicted octanol–water partition coefficient (Wildman–Crippen LogP) is 1.37. The van der Waals surface area contributed by atoms with Crippen LogP contribution in [0.2, 0.25) is 0 Å². The number of hydrogen-bond acceptors (Lipinski definition) is 2. The highest BCUT2D eigenvalue weighted by molar-refractivity contribution is 5.27. The van der Waals surface area contributed by atoms with E-state index in [-0.39, 0.29) is 6.61 Å². The predicted molar refractivity (Wildman–Crippen MR) is 43.8 cm³/mol. The Hall–Kier alpha value is -1.02. The summed E-state index contributed by atoms with van der Waals surface area (Å²) in [6.07, 6.45) is 0. The fourth-order valence-corrected chi connectivity index (χ4v) is 0.869. The quantitative estimate of drug-likeness (QED) is 0.708. The van der Waals surface area contributed by atoms with Gasteiger partial charge in [0.15, 0.2) is 0 Å². The topological polar surface area (TPSA) is 29.5 Å². The second-order valence-electron chi connectivity index (χ2n) is 2.39. The van der Waals surface area contributed by atoms with E-state index in [9.17, 15) is 0 Å². The maximum Gasteiger partial charge on any atom is 0.119 e. The largest absolute Gasteiger partial charge is 0.491 e. The van der Waals surface area contributed by atoms with Crippen LogP contribution in [0.3, 0.4) is 0 Å². The third-order valence-corrected chi connectivity index (χ3v) is 1.35. The Labute approximate surface area is 66.4 Å². The van der Waals surface area contributed by atoms with Gasteiger partial charge in [0.1, 0.15) is 12.4 Å². The van der Waals surface area contributed by atoms with Gasteiger partial charge in [-0.15, -0.1) is 0 Å². The SMILES string of the molecule is Cc1cccc(OCCO)c1. The monoisotopic (exact) mass is 152 g/mol. The summed E-state index contributed by atoms with van der Waals surface area (Å²) >= 11 is 0. The van der Waals surface area contributed by atoms with Crippen molar-refractivity contribution in [3.63, 3.8) is 0 Å². The molecule has 1 aromatic carbocycles. The minimum Gasteiger partial charge on any atom is -0.491 e. The molecule has 1 rings (SSSR count). The van der Waals surface area contributed by atoms with Crippen LogP contribution in [-0.4, -0.2) is 18.3 Å². The molecule has 1 aromatic rings. The molecule has 60 valence electrons. The maximum atomic E-state index is 8.47. The van der Waals surface area contributed by atoms with Gasteiger partial charge in [-0.1, -0.05) is 12.1 Å². The van der Waals surface area contributed by atoms with Gasteiger partial charge in [-0.3, -0.25) is 0 Å². The summed E-state index contributed by atoms with van der Waals surface area (Å²) in [6.45, 7) is 2.43. The molecule has 0 atom stereocenters. The Morgan fingerprint density at radius 2 is 2.27 bits per heavy atom. The van der Waals surface area contributed by atoms with E-state index in [0.717, 1.165) is 5.75 Å². The van der Waals surface area contributed by atoms with Crippen molar-refractivity contribution in [1.29, 1.82) is 0 Å². The zero-order valence-corrected chi connectivity index (χ0v) is 6.58. The molecule has 0 aromatic heterocycles. The Bertz CT molecular complexity index is 221. The zero-order chi connectivity index (χ0) is 8.10. The smallest absolute Gasteiger partial charge is 0.119 e. The first-order valence-corrected chi connectivity index (χ1v) is 3.63. The summed E-state index contributed by atoms with van der Waals surface area (Å²) in [4.78, 5) is 0. The molecular formula is C9H12O2. The second-order valence-corrected chi connectivity index (χ2v) is 2.39. The molecule has 2 nitrogen and oxygen atoms in total. The molecule has 0 heterocycles. The number of ether oxygens (including phenoxy) is 1. The van der Waals surface area contributed by atoms with Gasteiger partial charge in [0.2, 0.25) is 0 Å². The van der Waals surface area contributed by atoms with Crippen molar-refractivity contribution in [2.75, 3.05) is 13.2 Å². The van der Waals surface area contributed by atoms with E-state index in [4.69, 9.17) is 9.84 Å². The van der Waals surface area contributed by atoms with Crippen molar-refractivity contribution < 1.29 is 9.84 Å². The first kappa shape index (κ1) is 8.08. The van der Waals surface area contributed by atoms with Gasteiger partial charge in [0, 0.05) is 0 Å². The molecule has 0 amide bonds. The van der Waals surface area contributed by atoms with Gasteiger partial charge < -0.3 is 9.84 Å². The van der Waals surface area contributed by atoms with E-state index >= 15 is 0 Å². The van der Waals surface area contributed by atoms with Gasteiger partial charge in [0.25, 0.3) is 0 Å². The summed E-state index contributed by atoms with van der Waals surface area (Å²) < 4.78 is 5.19. The number of aliphatic hydroxyl groups is 1. The number of benzene rings is 1. The highest BCUT2D eigenvalue weighted by Gasteiger charge is 1.91. The van der Waals surface area contributed by atoms with Crippen LogP contribution < -0.4 is 4.74 Å². The Balaban J connectivity index is 2.56. The fourth-order valence-electron chi connectivity index (χ4n) is 0.869. The summed E-state index contributed by atoms with van der Waals surface area (Å²) in [5.74, 6) is 0.819. The van der Waals surface area contributed by atoms with Crippen LogP contribution in [0.15, 0.2) is 24.3 Å². The minimum absolute atomic E-state index is 0.0634. The zero-order valence-electron chi connectivity index (χ0n) is 6.58. The molecule has 0 spiro atoms. The standard InChI is InChI=1S/C9H12O2/c1-8-3-2-4-9(7-8)11-6-5-10/h2-4,7,10H,5-6H2,1H3. The van der Waals surface area contributed by atoms with Crippen LogP contribution in [0.1, 0.15) is 5.56 Å². The van der Waals surface area contributed by atoms with Crippen molar-refractivity contribution in [2.24, 2.45) is 0 Å². The van der Waals surface area contributed by atoms with E-state index in [2.05, 4.69) is 0 Å². The number of aliphatic hydroxyl groups excluding tert-OH is 1. The maximum absolute atomic E-state index is 8.47. The normalized spacial score (nSPS) is 9.64. The van der Waals surface area contributed by atoms with Crippen molar-refractivity contribution in [3.05, 3.63) is 29.8 Å². The van der Waals surface area contributed by atoms with Crippen molar-refractivity contribution >= 4 is 0 Å². The summed E-state index contributed by atoms with van der Waals surface area (Å²) in [5.41, 5.74) is 1.17. The summed E-state index contributed by atoms with van der Waals surface area (Å²) in [5, 5.41) is 8.47. The molecule has 1 N–H and O–H groups in total. The molecular weight excluding hydrogens is 140 g/mol. The Morgan fingerprint density at radius 1 is 1.45 bits per heavy atom. The molecule has 0 radical (unpaired) electrons. The molecule has 0 aliphatic carbocycles. The summed E-state index contributed by atoms with van der Waals surface area (Å²) in [6, 6.07) is 7.76. The van der Waals surface area contributed by atoms with Crippen molar-refractivity contribution in [2.45, 2.75) is 6.92 Å². The molecule has 0 saturated carbocycles. The van der Waals surface area contributed by atoms with Crippen molar-refractivity contribution in [1.82, 2.24) is 0 Å². The highest BCUT2D eigenvalue weighted by atomic mass is 16.5. The van der Waals surface area contributed by atoms with Crippen LogP contribution in [0.5, 0.6) is 5.75 Å². The van der Waals surface area contributed by atoms with Crippen LogP contribution in [0.4, 0.5) is 0 Å². The lowest BCUT2D eigenvalue weighted by Gasteiger charge is -2.03. The van der Waals surface area contributed by atoms with Gasteiger partial charge in [0.05, 0.1) is 6.61 Å². The van der Waals surface area contributed by atoms with E-state index < -0.39 is 0 Å². The van der Waals surface area contributed by atoms with Gasteiger partial charge in [-0.25, -0.2) is 0 Å². The van der Waals surface area contributed by atoms with Gasteiger partial charge in [-0.2, -0.15) is 0 Å². The second kappa shape index (κ2) is 3.98. The van der Waals surface area contributed by atoms with Gasteiger partial charge in [-0.05, 0) is 24.6 Å². The molecule has 0 bridgehead atoms. The molecule has 0 saturated heterocycles. The van der Waals surface area contributed by atoms with Crippen LogP contribution in [0.25, 0.3) is 0 Å².